The lowest BCUT2D eigenvalue weighted by atomic mass is 9.99. The third kappa shape index (κ3) is 4.48. The van der Waals surface area contributed by atoms with Crippen molar-refractivity contribution < 1.29 is 35.9 Å². The van der Waals surface area contributed by atoms with Gasteiger partial charge in [0.2, 0.25) is 5.60 Å². The summed E-state index contributed by atoms with van der Waals surface area (Å²) >= 11 is 0. The van der Waals surface area contributed by atoms with Gasteiger partial charge in [-0.1, -0.05) is 24.2 Å². The Balaban J connectivity index is 1.68. The highest BCUT2D eigenvalue weighted by atomic mass is 19.4. The molecule has 4 rings (SSSR count). The van der Waals surface area contributed by atoms with E-state index in [1.165, 1.54) is 37.3 Å². The van der Waals surface area contributed by atoms with Crippen molar-refractivity contribution in [2.75, 3.05) is 5.32 Å². The van der Waals surface area contributed by atoms with Crippen LogP contribution in [0.5, 0.6) is 0 Å². The minimum atomic E-state index is -5.05. The first-order valence-electron chi connectivity index (χ1n) is 10.4. The summed E-state index contributed by atoms with van der Waals surface area (Å²) in [6.07, 6.45) is -5.82. The standard InChI is InChI=1S/C23H18F5N3O4/c1-3-22(33,23(26,27)28)20-30-31-21(35-20)29-11(2)14-9-18-16(8-17(14)25)15(10-19(32)34-18)12-4-6-13(24)7-5-12/h4-11,33H,3H2,1-2H3,(H,29,31). The maximum atomic E-state index is 15.1. The molecule has 0 spiro atoms. The van der Waals surface area contributed by atoms with E-state index in [1.807, 2.05) is 0 Å². The quantitative estimate of drug-likeness (QED) is 0.271. The van der Waals surface area contributed by atoms with Crippen LogP contribution in [0.15, 0.2) is 56.1 Å². The summed E-state index contributed by atoms with van der Waals surface area (Å²) in [5, 5.41) is 19.5. The smallest absolute Gasteiger partial charge is 0.423 e. The average molecular weight is 495 g/mol. The molecule has 2 atom stereocenters. The van der Waals surface area contributed by atoms with Crippen molar-refractivity contribution in [3.8, 4) is 11.1 Å². The van der Waals surface area contributed by atoms with Crippen LogP contribution >= 0.6 is 0 Å². The zero-order valence-electron chi connectivity index (χ0n) is 18.3. The molecule has 0 aliphatic carbocycles. The van der Waals surface area contributed by atoms with Crippen LogP contribution in [0.3, 0.4) is 0 Å². The minimum absolute atomic E-state index is 0.0155. The molecule has 35 heavy (non-hydrogen) atoms. The number of aliphatic hydroxyl groups is 1. The lowest BCUT2D eigenvalue weighted by Gasteiger charge is -2.25. The minimum Gasteiger partial charge on any atom is -0.423 e. The molecule has 0 radical (unpaired) electrons. The zero-order valence-corrected chi connectivity index (χ0v) is 18.3. The van der Waals surface area contributed by atoms with Crippen molar-refractivity contribution >= 4 is 17.0 Å². The first-order valence-corrected chi connectivity index (χ1v) is 10.4. The molecule has 2 unspecified atom stereocenters. The van der Waals surface area contributed by atoms with Crippen molar-refractivity contribution in [3.05, 3.63) is 76.0 Å². The van der Waals surface area contributed by atoms with E-state index < -0.39 is 53.4 Å². The second-order valence-electron chi connectivity index (χ2n) is 7.85. The average Bonchev–Trinajstić information content (AvgIpc) is 3.26. The molecular formula is C23H18F5N3O4. The van der Waals surface area contributed by atoms with Gasteiger partial charge in [-0.05, 0) is 48.7 Å². The van der Waals surface area contributed by atoms with Crippen LogP contribution in [-0.2, 0) is 5.60 Å². The van der Waals surface area contributed by atoms with Gasteiger partial charge in [0.25, 0.3) is 5.89 Å². The Morgan fingerprint density at radius 3 is 2.37 bits per heavy atom. The molecule has 0 saturated heterocycles. The number of nitrogens with zero attached hydrogens (tertiary/aromatic N) is 2. The summed E-state index contributed by atoms with van der Waals surface area (Å²) in [6.45, 7) is 2.57. The Morgan fingerprint density at radius 2 is 1.74 bits per heavy atom. The molecule has 2 heterocycles. The predicted molar refractivity (Wildman–Crippen MR) is 114 cm³/mol. The van der Waals surface area contributed by atoms with Crippen molar-refractivity contribution in [1.82, 2.24) is 10.2 Å². The Kier molecular flexibility index (Phi) is 6.09. The number of nitrogens with one attached hydrogen (secondary N) is 1. The fraction of sp³-hybridized carbons (Fsp3) is 0.261. The topological polar surface area (TPSA) is 101 Å². The van der Waals surface area contributed by atoms with Crippen LogP contribution in [0.25, 0.3) is 22.1 Å². The third-order valence-electron chi connectivity index (χ3n) is 5.58. The van der Waals surface area contributed by atoms with E-state index >= 15 is 4.39 Å². The highest BCUT2D eigenvalue weighted by molar-refractivity contribution is 5.93. The van der Waals surface area contributed by atoms with Gasteiger partial charge >= 0.3 is 17.8 Å². The van der Waals surface area contributed by atoms with Crippen LogP contribution in [-0.4, -0.2) is 21.5 Å². The molecule has 7 nitrogen and oxygen atoms in total. The van der Waals surface area contributed by atoms with Gasteiger partial charge in [-0.25, -0.2) is 13.6 Å². The Hall–Kier alpha value is -3.80. The van der Waals surface area contributed by atoms with Gasteiger partial charge in [0.15, 0.2) is 0 Å². The van der Waals surface area contributed by atoms with Gasteiger partial charge < -0.3 is 19.3 Å². The van der Waals surface area contributed by atoms with Crippen LogP contribution in [0.4, 0.5) is 28.0 Å². The van der Waals surface area contributed by atoms with Gasteiger partial charge in [0, 0.05) is 17.0 Å². The Bertz CT molecular complexity index is 1430. The van der Waals surface area contributed by atoms with Crippen LogP contribution < -0.4 is 10.9 Å². The van der Waals surface area contributed by atoms with Gasteiger partial charge in [0.1, 0.15) is 17.2 Å². The monoisotopic (exact) mass is 495 g/mol. The summed E-state index contributed by atoms with van der Waals surface area (Å²) in [4.78, 5) is 12.1. The predicted octanol–water partition coefficient (Wildman–Crippen LogP) is 5.45. The SMILES string of the molecule is CCC(O)(c1nnc(NC(C)c2cc3oc(=O)cc(-c4ccc(F)cc4)c3cc2F)o1)C(F)(F)F. The lowest BCUT2D eigenvalue weighted by Crippen LogP contribution is -2.42. The number of hydrogen-bond acceptors (Lipinski definition) is 7. The molecule has 0 amide bonds. The summed E-state index contributed by atoms with van der Waals surface area (Å²) in [6, 6.07) is 7.41. The maximum absolute atomic E-state index is 15.1. The molecular weight excluding hydrogens is 477 g/mol. The zero-order chi connectivity index (χ0) is 25.5. The summed E-state index contributed by atoms with van der Waals surface area (Å²) in [7, 11) is 0. The number of benzene rings is 2. The fourth-order valence-corrected chi connectivity index (χ4v) is 3.58. The molecule has 184 valence electrons. The van der Waals surface area contributed by atoms with E-state index in [2.05, 4.69) is 15.5 Å². The molecule has 0 fully saturated rings. The molecule has 12 heteroatoms. The molecule has 0 saturated carbocycles. The van der Waals surface area contributed by atoms with E-state index in [-0.39, 0.29) is 16.5 Å². The molecule has 0 aliphatic heterocycles. The third-order valence-corrected chi connectivity index (χ3v) is 5.58. The van der Waals surface area contributed by atoms with E-state index in [0.717, 1.165) is 19.1 Å². The number of anilines is 1. The second-order valence-corrected chi connectivity index (χ2v) is 7.85. The lowest BCUT2D eigenvalue weighted by molar-refractivity contribution is -0.275. The van der Waals surface area contributed by atoms with E-state index in [0.29, 0.717) is 11.1 Å². The van der Waals surface area contributed by atoms with Crippen LogP contribution in [0, 0.1) is 11.6 Å². The summed E-state index contributed by atoms with van der Waals surface area (Å²) in [5.74, 6) is -2.27. The maximum Gasteiger partial charge on any atom is 0.426 e. The van der Waals surface area contributed by atoms with Crippen molar-refractivity contribution in [3.63, 3.8) is 0 Å². The molecule has 2 aromatic heterocycles. The highest BCUT2D eigenvalue weighted by Crippen LogP contribution is 2.41. The van der Waals surface area contributed by atoms with Gasteiger partial charge in [-0.3, -0.25) is 0 Å². The molecule has 2 aromatic carbocycles. The van der Waals surface area contributed by atoms with Crippen LogP contribution in [0.1, 0.15) is 37.8 Å². The van der Waals surface area contributed by atoms with Gasteiger partial charge in [0.05, 0.1) is 6.04 Å². The number of hydrogen-bond donors (Lipinski definition) is 2. The van der Waals surface area contributed by atoms with Crippen molar-refractivity contribution in [1.29, 1.82) is 0 Å². The summed E-state index contributed by atoms with van der Waals surface area (Å²) < 4.78 is 78.2. The van der Waals surface area contributed by atoms with Crippen LogP contribution in [0.2, 0.25) is 0 Å². The normalized spacial score (nSPS) is 14.6. The van der Waals surface area contributed by atoms with E-state index in [4.69, 9.17) is 8.83 Å². The Labute approximate surface area is 194 Å². The van der Waals surface area contributed by atoms with E-state index in [1.54, 1.807) is 0 Å². The van der Waals surface area contributed by atoms with Crippen molar-refractivity contribution in [2.24, 2.45) is 0 Å². The fourth-order valence-electron chi connectivity index (χ4n) is 3.58. The first-order chi connectivity index (χ1) is 16.4. The first kappa shape index (κ1) is 24.3. The summed E-state index contributed by atoms with van der Waals surface area (Å²) in [5.41, 5.74) is -3.24. The molecule has 0 bridgehead atoms. The number of aromatic nitrogens is 2. The molecule has 4 aromatic rings. The van der Waals surface area contributed by atoms with Crippen molar-refractivity contribution in [2.45, 2.75) is 38.1 Å². The number of rotatable bonds is 6. The van der Waals surface area contributed by atoms with Gasteiger partial charge in [-0.15, -0.1) is 5.10 Å². The number of fused-ring (bicyclic) bond motifs is 1. The molecule has 0 aliphatic rings. The van der Waals surface area contributed by atoms with E-state index in [9.17, 15) is 27.5 Å². The largest absolute Gasteiger partial charge is 0.426 e. The number of alkyl halides is 3. The van der Waals surface area contributed by atoms with Gasteiger partial charge in [-0.2, -0.15) is 13.2 Å². The second kappa shape index (κ2) is 8.77. The molecule has 2 N–H and O–H groups in total. The number of halogens is 5. The Morgan fingerprint density at radius 1 is 1.06 bits per heavy atom. The highest BCUT2D eigenvalue weighted by Gasteiger charge is 2.57.